The molecule has 2 aromatic carbocycles. The summed E-state index contributed by atoms with van der Waals surface area (Å²) in [6.07, 6.45) is 0.405. The fourth-order valence-corrected chi connectivity index (χ4v) is 2.75. The van der Waals surface area contributed by atoms with Gasteiger partial charge in [-0.1, -0.05) is 40.2 Å². The molecule has 0 aliphatic heterocycles. The zero-order valence-corrected chi connectivity index (χ0v) is 15.5. The minimum absolute atomic E-state index is 0.337. The molecule has 0 fully saturated rings. The summed E-state index contributed by atoms with van der Waals surface area (Å²) in [4.78, 5) is 13.5. The molecule has 7 heteroatoms. The van der Waals surface area contributed by atoms with Crippen LogP contribution in [0.25, 0.3) is 5.69 Å². The topological polar surface area (TPSA) is 69.9 Å². The van der Waals surface area contributed by atoms with Crippen LogP contribution < -0.4 is 0 Å². The van der Waals surface area contributed by atoms with Crippen LogP contribution in [-0.2, 0) is 11.2 Å². The minimum atomic E-state index is -0.340. The Morgan fingerprint density at radius 3 is 2.80 bits per heavy atom. The highest BCUT2D eigenvalue weighted by Gasteiger charge is 2.14. The van der Waals surface area contributed by atoms with E-state index in [4.69, 9.17) is 4.74 Å². The standard InChI is InChI=1S/C18H17BrN4O2/c1-3-25-18(24)15-7-5-4-6-13(15)10-17-20-22-23(21-17)14-9-8-12(2)16(19)11-14/h4-9,11H,3,10H2,1-2H3. The van der Waals surface area contributed by atoms with Crippen molar-refractivity contribution in [2.45, 2.75) is 20.3 Å². The van der Waals surface area contributed by atoms with Crippen molar-refractivity contribution in [3.8, 4) is 5.69 Å². The van der Waals surface area contributed by atoms with Gasteiger partial charge < -0.3 is 4.74 Å². The third-order valence-electron chi connectivity index (χ3n) is 3.70. The number of hydrogen-bond acceptors (Lipinski definition) is 5. The molecule has 0 amide bonds. The number of benzene rings is 2. The Hall–Kier alpha value is -2.54. The van der Waals surface area contributed by atoms with Gasteiger partial charge in [-0.25, -0.2) is 4.79 Å². The Morgan fingerprint density at radius 1 is 1.24 bits per heavy atom. The Labute approximate surface area is 153 Å². The third-order valence-corrected chi connectivity index (χ3v) is 4.56. The summed E-state index contributed by atoms with van der Waals surface area (Å²) in [6.45, 7) is 4.14. The molecule has 0 spiro atoms. The largest absolute Gasteiger partial charge is 0.462 e. The van der Waals surface area contributed by atoms with Gasteiger partial charge in [0.25, 0.3) is 0 Å². The van der Waals surface area contributed by atoms with E-state index in [1.807, 2.05) is 43.3 Å². The molecule has 6 nitrogen and oxygen atoms in total. The number of esters is 1. The van der Waals surface area contributed by atoms with Crippen LogP contribution in [0.4, 0.5) is 0 Å². The van der Waals surface area contributed by atoms with Crippen LogP contribution in [0, 0.1) is 6.92 Å². The average Bonchev–Trinajstić information content (AvgIpc) is 3.06. The number of nitrogens with zero attached hydrogens (tertiary/aromatic N) is 4. The fourth-order valence-electron chi connectivity index (χ4n) is 2.38. The van der Waals surface area contributed by atoms with E-state index < -0.39 is 0 Å². The molecule has 128 valence electrons. The van der Waals surface area contributed by atoms with Crippen molar-refractivity contribution in [3.63, 3.8) is 0 Å². The highest BCUT2D eigenvalue weighted by molar-refractivity contribution is 9.10. The molecule has 25 heavy (non-hydrogen) atoms. The molecular weight excluding hydrogens is 384 g/mol. The number of halogens is 1. The SMILES string of the molecule is CCOC(=O)c1ccccc1Cc1nnn(-c2ccc(C)c(Br)c2)n1. The Kier molecular flexibility index (Phi) is 5.23. The number of aromatic nitrogens is 4. The van der Waals surface area contributed by atoms with Crippen molar-refractivity contribution in [1.82, 2.24) is 20.2 Å². The fraction of sp³-hybridized carbons (Fsp3) is 0.222. The lowest BCUT2D eigenvalue weighted by atomic mass is 10.0. The first-order valence-corrected chi connectivity index (χ1v) is 8.68. The monoisotopic (exact) mass is 400 g/mol. The molecule has 1 aromatic heterocycles. The van der Waals surface area contributed by atoms with Crippen molar-refractivity contribution in [3.05, 3.63) is 69.5 Å². The van der Waals surface area contributed by atoms with Gasteiger partial charge in [-0.15, -0.1) is 15.0 Å². The molecule has 0 atom stereocenters. The maximum absolute atomic E-state index is 12.1. The predicted octanol–water partition coefficient (Wildman–Crippen LogP) is 3.50. The first-order chi connectivity index (χ1) is 12.1. The van der Waals surface area contributed by atoms with Crippen LogP contribution in [0.2, 0.25) is 0 Å². The lowest BCUT2D eigenvalue weighted by molar-refractivity contribution is 0.0525. The van der Waals surface area contributed by atoms with Crippen LogP contribution in [0.1, 0.15) is 34.2 Å². The molecule has 0 saturated carbocycles. The van der Waals surface area contributed by atoms with E-state index in [-0.39, 0.29) is 5.97 Å². The average molecular weight is 401 g/mol. The second-order valence-corrected chi connectivity index (χ2v) is 6.34. The number of ether oxygens (including phenoxy) is 1. The maximum Gasteiger partial charge on any atom is 0.338 e. The zero-order chi connectivity index (χ0) is 17.8. The molecule has 1 heterocycles. The van der Waals surface area contributed by atoms with Crippen LogP contribution in [0.5, 0.6) is 0 Å². The second-order valence-electron chi connectivity index (χ2n) is 5.48. The van der Waals surface area contributed by atoms with E-state index >= 15 is 0 Å². The summed E-state index contributed by atoms with van der Waals surface area (Å²) in [5.74, 6) is 0.196. The number of tetrazole rings is 1. The quantitative estimate of drug-likeness (QED) is 0.612. The van der Waals surface area contributed by atoms with E-state index in [9.17, 15) is 4.79 Å². The van der Waals surface area contributed by atoms with Gasteiger partial charge in [-0.3, -0.25) is 0 Å². The lowest BCUT2D eigenvalue weighted by Crippen LogP contribution is -2.09. The van der Waals surface area contributed by atoms with Crippen molar-refractivity contribution >= 4 is 21.9 Å². The third kappa shape index (κ3) is 3.93. The van der Waals surface area contributed by atoms with Gasteiger partial charge in [-0.05, 0) is 48.4 Å². The Bertz CT molecular complexity index is 908. The van der Waals surface area contributed by atoms with Crippen LogP contribution >= 0.6 is 15.9 Å². The highest BCUT2D eigenvalue weighted by atomic mass is 79.9. The van der Waals surface area contributed by atoms with E-state index in [0.29, 0.717) is 24.4 Å². The maximum atomic E-state index is 12.1. The first-order valence-electron chi connectivity index (χ1n) is 7.89. The number of rotatable bonds is 5. The number of carbonyl (C=O) groups excluding carboxylic acids is 1. The smallest absolute Gasteiger partial charge is 0.338 e. The number of aryl methyl sites for hydroxylation is 1. The molecule has 0 aliphatic rings. The van der Waals surface area contributed by atoms with Gasteiger partial charge in [0, 0.05) is 10.9 Å². The van der Waals surface area contributed by atoms with E-state index in [1.54, 1.807) is 13.0 Å². The molecular formula is C18H17BrN4O2. The molecule has 3 rings (SSSR count). The lowest BCUT2D eigenvalue weighted by Gasteiger charge is -2.06. The molecule has 0 radical (unpaired) electrons. The first kappa shape index (κ1) is 17.3. The van der Waals surface area contributed by atoms with Gasteiger partial charge in [0.15, 0.2) is 5.82 Å². The normalized spacial score (nSPS) is 10.7. The summed E-state index contributed by atoms with van der Waals surface area (Å²) in [7, 11) is 0. The van der Waals surface area contributed by atoms with Crippen molar-refractivity contribution < 1.29 is 9.53 Å². The van der Waals surface area contributed by atoms with Crippen LogP contribution in [0.3, 0.4) is 0 Å². The zero-order valence-electron chi connectivity index (χ0n) is 13.9. The summed E-state index contributed by atoms with van der Waals surface area (Å²) < 4.78 is 6.08. The highest BCUT2D eigenvalue weighted by Crippen LogP contribution is 2.19. The van der Waals surface area contributed by atoms with Gasteiger partial charge in [0.05, 0.1) is 17.9 Å². The van der Waals surface area contributed by atoms with Crippen molar-refractivity contribution in [2.75, 3.05) is 6.61 Å². The second kappa shape index (κ2) is 7.57. The summed E-state index contributed by atoms with van der Waals surface area (Å²) in [6, 6.07) is 13.2. The van der Waals surface area contributed by atoms with E-state index in [0.717, 1.165) is 21.3 Å². The van der Waals surface area contributed by atoms with Crippen molar-refractivity contribution in [1.29, 1.82) is 0 Å². The van der Waals surface area contributed by atoms with Crippen LogP contribution in [0.15, 0.2) is 46.9 Å². The van der Waals surface area contributed by atoms with Crippen molar-refractivity contribution in [2.24, 2.45) is 0 Å². The van der Waals surface area contributed by atoms with E-state index in [2.05, 4.69) is 31.3 Å². The van der Waals surface area contributed by atoms with Gasteiger partial charge in [0.1, 0.15) is 0 Å². The van der Waals surface area contributed by atoms with Gasteiger partial charge in [0.2, 0.25) is 0 Å². The molecule has 0 aliphatic carbocycles. The predicted molar refractivity (Wildman–Crippen MR) is 96.8 cm³/mol. The summed E-state index contributed by atoms with van der Waals surface area (Å²) in [5.41, 5.74) is 3.28. The Morgan fingerprint density at radius 2 is 2.04 bits per heavy atom. The molecule has 0 bridgehead atoms. The molecule has 0 saturated heterocycles. The molecule has 0 unspecified atom stereocenters. The van der Waals surface area contributed by atoms with Gasteiger partial charge >= 0.3 is 5.97 Å². The molecule has 3 aromatic rings. The van der Waals surface area contributed by atoms with Crippen LogP contribution in [-0.4, -0.2) is 32.8 Å². The van der Waals surface area contributed by atoms with Gasteiger partial charge in [-0.2, -0.15) is 0 Å². The minimum Gasteiger partial charge on any atom is -0.462 e. The summed E-state index contributed by atoms with van der Waals surface area (Å²) >= 11 is 3.50. The molecule has 0 N–H and O–H groups in total. The Balaban J connectivity index is 1.85. The van der Waals surface area contributed by atoms with E-state index in [1.165, 1.54) is 4.80 Å². The summed E-state index contributed by atoms with van der Waals surface area (Å²) in [5, 5.41) is 12.6. The number of hydrogen-bond donors (Lipinski definition) is 0. The number of carbonyl (C=O) groups is 1.